The fourth-order valence-corrected chi connectivity index (χ4v) is 20.4. The molecule has 3 aromatic rings. The first-order valence-corrected chi connectivity index (χ1v) is 45.0. The van der Waals surface area contributed by atoms with Crippen LogP contribution in [0, 0.1) is 0 Å². The number of ether oxygens (including phenoxy) is 2. The molecule has 0 atom stereocenters. The first-order chi connectivity index (χ1) is 26.1. The summed E-state index contributed by atoms with van der Waals surface area (Å²) in [6, 6.07) is 5.07. The van der Waals surface area contributed by atoms with Gasteiger partial charge in [-0.3, -0.25) is 0 Å². The molecule has 0 saturated carbocycles. The van der Waals surface area contributed by atoms with Gasteiger partial charge in [0.15, 0.2) is 0 Å². The molecule has 310 valence electrons. The van der Waals surface area contributed by atoms with Crippen molar-refractivity contribution in [1.29, 1.82) is 0 Å². The van der Waals surface area contributed by atoms with Gasteiger partial charge in [0.05, 0.1) is 0 Å². The van der Waals surface area contributed by atoms with Crippen LogP contribution in [0.4, 0.5) is 0 Å². The maximum atomic E-state index is 6.89. The number of benzene rings is 1. The fourth-order valence-electron chi connectivity index (χ4n) is 7.67. The minimum absolute atomic E-state index is 0.831. The average Bonchev–Trinajstić information content (AvgIpc) is 3.79. The van der Waals surface area contributed by atoms with E-state index in [2.05, 4.69) is 55.6 Å². The van der Waals surface area contributed by atoms with Crippen molar-refractivity contribution in [3.8, 4) is 11.5 Å². The Labute approximate surface area is 351 Å². The van der Waals surface area contributed by atoms with Crippen LogP contribution in [-0.4, -0.2) is 50.0 Å². The number of rotatable bonds is 34. The topological polar surface area (TPSA) is 18.5 Å². The van der Waals surface area contributed by atoms with Gasteiger partial charge in [-0.2, -0.15) is 0 Å². The Morgan fingerprint density at radius 2 is 0.611 bits per heavy atom. The van der Waals surface area contributed by atoms with Crippen LogP contribution in [0.3, 0.4) is 0 Å². The molecule has 0 radical (unpaired) electrons. The van der Waals surface area contributed by atoms with Crippen molar-refractivity contribution in [3.05, 3.63) is 12.1 Å². The molecule has 0 aliphatic heterocycles. The van der Waals surface area contributed by atoms with Gasteiger partial charge in [-0.15, -0.1) is 0 Å². The molecule has 0 aliphatic rings. The Hall–Kier alpha value is 0.337. The molecular weight excluding hydrogens is 910 g/mol. The summed E-state index contributed by atoms with van der Waals surface area (Å²) in [4.78, 5) is 15.3. The molecule has 0 amide bonds. The minimum atomic E-state index is -2.30. The summed E-state index contributed by atoms with van der Waals surface area (Å²) in [5.41, 5.74) is 0. The van der Waals surface area contributed by atoms with E-state index in [0.29, 0.717) is 0 Å². The quantitative estimate of drug-likeness (QED) is 0.0438. The normalized spacial score (nSPS) is 12.4. The predicted molar refractivity (Wildman–Crippen MR) is 255 cm³/mol. The molecule has 2 heterocycles. The van der Waals surface area contributed by atoms with Gasteiger partial charge < -0.3 is 0 Å². The van der Waals surface area contributed by atoms with E-state index in [1.54, 1.807) is 5.79 Å². The third kappa shape index (κ3) is 18.5. The summed E-state index contributed by atoms with van der Waals surface area (Å²) in [5, 5.41) is 2.68. The standard InChI is InChI=1S/C42H68O2S2.6CH3.2Sn/c1-3-5-7-9-11-13-15-17-19-21-23-25-27-29-33-43-39-37-31-35-46-42(37)40(38-32-36-45-41(38)39)44-34-30-28-26-24-22-20-18-16-14-12-10-8-6-4-2;;;;;;;;/h31-32H,3-30,33-34H2,1-2H3;6*1H3;;. The Morgan fingerprint density at radius 1 is 0.370 bits per heavy atom. The van der Waals surface area contributed by atoms with Gasteiger partial charge in [-0.25, -0.2) is 0 Å². The van der Waals surface area contributed by atoms with E-state index in [4.69, 9.17) is 9.47 Å². The average molecular weight is 997 g/mol. The van der Waals surface area contributed by atoms with Crippen molar-refractivity contribution in [1.82, 2.24) is 0 Å². The molecular formula is C48H86O2S2Sn2. The molecule has 0 spiro atoms. The molecule has 3 rings (SSSR count). The molecule has 2 aromatic heterocycles. The van der Waals surface area contributed by atoms with E-state index in [9.17, 15) is 0 Å². The van der Waals surface area contributed by atoms with E-state index in [1.165, 1.54) is 199 Å². The molecule has 0 fully saturated rings. The van der Waals surface area contributed by atoms with Crippen LogP contribution in [0.15, 0.2) is 12.1 Å². The Morgan fingerprint density at radius 3 is 0.852 bits per heavy atom. The van der Waals surface area contributed by atoms with Crippen molar-refractivity contribution in [2.75, 3.05) is 13.2 Å². The second kappa shape index (κ2) is 27.9. The van der Waals surface area contributed by atoms with Crippen molar-refractivity contribution >= 4 is 85.4 Å². The molecule has 0 N–H and O–H groups in total. The molecule has 2 nitrogen and oxygen atoms in total. The van der Waals surface area contributed by atoms with E-state index < -0.39 is 36.8 Å². The summed E-state index contributed by atoms with van der Waals surface area (Å²) in [6.45, 7) is 6.28. The number of hydrogen-bond acceptors (Lipinski definition) is 4. The van der Waals surface area contributed by atoms with Gasteiger partial charge >= 0.3 is 238 Å². The first-order valence-electron chi connectivity index (χ1n) is 23.4. The maximum absolute atomic E-state index is 6.89. The van der Waals surface area contributed by atoms with Gasteiger partial charge in [0.2, 0.25) is 0 Å². The van der Waals surface area contributed by atoms with Gasteiger partial charge in [0.1, 0.15) is 0 Å². The van der Waals surface area contributed by atoms with Gasteiger partial charge in [-0.05, 0) is 0 Å². The predicted octanol–water partition coefficient (Wildman–Crippen LogP) is 16.9. The number of unbranched alkanes of at least 4 members (excludes halogenated alkanes) is 26. The van der Waals surface area contributed by atoms with Crippen molar-refractivity contribution in [2.24, 2.45) is 0 Å². The zero-order valence-corrected chi connectivity index (χ0v) is 44.3. The monoisotopic (exact) mass is 998 g/mol. The zero-order chi connectivity index (χ0) is 39.1. The van der Waals surface area contributed by atoms with E-state index in [-0.39, 0.29) is 0 Å². The molecule has 0 saturated heterocycles. The first kappa shape index (κ1) is 48.7. The van der Waals surface area contributed by atoms with Crippen LogP contribution >= 0.6 is 22.7 Å². The molecule has 0 bridgehead atoms. The van der Waals surface area contributed by atoms with E-state index in [0.717, 1.165) is 26.1 Å². The zero-order valence-electron chi connectivity index (χ0n) is 37.0. The Kier molecular flexibility index (Phi) is 25.2. The summed E-state index contributed by atoms with van der Waals surface area (Å²) in [7, 11) is 0. The summed E-state index contributed by atoms with van der Waals surface area (Å²) in [5.74, 6) is 2.34. The SMILES string of the molecule is CCCCCCCCCCCCCCCCOc1c2c[c]([Sn]([CH3])([CH3])[CH3])sc2c(OCCCCCCCCCCCCCCCC)c2c[c]([Sn]([CH3])([CH3])[CH3])sc12. The van der Waals surface area contributed by atoms with Crippen molar-refractivity contribution in [2.45, 2.75) is 223 Å². The molecule has 0 aliphatic carbocycles. The third-order valence-corrected chi connectivity index (χ3v) is 32.5. The second-order valence-corrected chi connectivity index (χ2v) is 51.7. The molecule has 6 heteroatoms. The van der Waals surface area contributed by atoms with Crippen LogP contribution < -0.4 is 15.3 Å². The van der Waals surface area contributed by atoms with E-state index in [1.807, 2.05) is 22.7 Å². The van der Waals surface area contributed by atoms with Crippen molar-refractivity contribution < 1.29 is 9.47 Å². The van der Waals surface area contributed by atoms with E-state index >= 15 is 0 Å². The van der Waals surface area contributed by atoms with Crippen LogP contribution in [0.1, 0.15) is 194 Å². The molecule has 54 heavy (non-hydrogen) atoms. The summed E-state index contributed by atoms with van der Waals surface area (Å²) >= 11 is -0.523. The molecule has 1 aromatic carbocycles. The number of hydrogen-bond donors (Lipinski definition) is 0. The van der Waals surface area contributed by atoms with Crippen molar-refractivity contribution in [3.63, 3.8) is 0 Å². The summed E-state index contributed by atoms with van der Waals surface area (Å²) in [6.07, 6.45) is 38.9. The van der Waals surface area contributed by atoms with Crippen LogP contribution in [0.5, 0.6) is 11.5 Å². The van der Waals surface area contributed by atoms with Gasteiger partial charge in [-0.1, -0.05) is 117 Å². The van der Waals surface area contributed by atoms with Crippen LogP contribution in [-0.2, 0) is 0 Å². The second-order valence-electron chi connectivity index (χ2n) is 18.8. The number of thiophene rings is 2. The Balaban J connectivity index is 1.52. The summed E-state index contributed by atoms with van der Waals surface area (Å²) < 4.78 is 19.8. The van der Waals surface area contributed by atoms with Crippen LogP contribution in [0.2, 0.25) is 29.6 Å². The van der Waals surface area contributed by atoms with Crippen LogP contribution in [0.25, 0.3) is 20.2 Å². The third-order valence-electron chi connectivity index (χ3n) is 11.3. The molecule has 0 unspecified atom stereocenters. The van der Waals surface area contributed by atoms with Gasteiger partial charge in [0, 0.05) is 0 Å². The number of fused-ring (bicyclic) bond motifs is 2. The Bertz CT molecular complexity index is 1240. The van der Waals surface area contributed by atoms with Gasteiger partial charge in [0.25, 0.3) is 0 Å². The fraction of sp³-hybridized carbons (Fsp3) is 0.792.